The third kappa shape index (κ3) is 4.61. The highest BCUT2D eigenvalue weighted by molar-refractivity contribution is 5.96. The summed E-state index contributed by atoms with van der Waals surface area (Å²) in [5, 5.41) is 13.4. The van der Waals surface area contributed by atoms with Crippen LogP contribution in [0.1, 0.15) is 34.6 Å². The zero-order valence-electron chi connectivity index (χ0n) is 16.8. The molecule has 0 aromatic carbocycles. The average molecular weight is 399 g/mol. The average Bonchev–Trinajstić information content (AvgIpc) is 3.05. The summed E-state index contributed by atoms with van der Waals surface area (Å²) in [6.07, 6.45) is 2.36. The molecule has 1 fully saturated rings. The van der Waals surface area contributed by atoms with Crippen molar-refractivity contribution in [2.24, 2.45) is 5.92 Å². The third-order valence-corrected chi connectivity index (χ3v) is 5.14. The van der Waals surface area contributed by atoms with Crippen molar-refractivity contribution in [2.75, 3.05) is 26.7 Å². The lowest BCUT2D eigenvalue weighted by Crippen LogP contribution is -2.45. The van der Waals surface area contributed by atoms with Gasteiger partial charge in [-0.25, -0.2) is 9.67 Å². The maximum absolute atomic E-state index is 12.6. The van der Waals surface area contributed by atoms with Crippen molar-refractivity contribution in [2.45, 2.75) is 26.7 Å². The molecular formula is C20H25N5O4. The van der Waals surface area contributed by atoms with Gasteiger partial charge in [-0.05, 0) is 44.9 Å². The van der Waals surface area contributed by atoms with Crippen molar-refractivity contribution >= 4 is 17.8 Å². The fourth-order valence-corrected chi connectivity index (χ4v) is 3.47. The Balaban J connectivity index is 1.59. The Labute approximate surface area is 168 Å². The van der Waals surface area contributed by atoms with Crippen LogP contribution in [-0.2, 0) is 9.59 Å². The van der Waals surface area contributed by atoms with Crippen molar-refractivity contribution in [3.63, 3.8) is 0 Å². The van der Waals surface area contributed by atoms with Crippen LogP contribution in [0.25, 0.3) is 5.82 Å². The van der Waals surface area contributed by atoms with Crippen LogP contribution < -0.4 is 0 Å². The number of rotatable bonds is 5. The van der Waals surface area contributed by atoms with E-state index in [0.29, 0.717) is 37.3 Å². The third-order valence-electron chi connectivity index (χ3n) is 5.14. The maximum Gasteiger partial charge on any atom is 0.306 e. The van der Waals surface area contributed by atoms with E-state index in [1.165, 1.54) is 11.1 Å². The van der Waals surface area contributed by atoms with Crippen LogP contribution in [0, 0.1) is 19.8 Å². The van der Waals surface area contributed by atoms with Gasteiger partial charge in [-0.1, -0.05) is 0 Å². The molecule has 3 heterocycles. The molecular weight excluding hydrogens is 374 g/mol. The Morgan fingerprint density at radius 1 is 1.21 bits per heavy atom. The molecule has 0 aliphatic carbocycles. The van der Waals surface area contributed by atoms with Crippen LogP contribution >= 0.6 is 0 Å². The van der Waals surface area contributed by atoms with E-state index in [-0.39, 0.29) is 18.4 Å². The first-order chi connectivity index (χ1) is 13.8. The smallest absolute Gasteiger partial charge is 0.306 e. The quantitative estimate of drug-likeness (QED) is 0.811. The van der Waals surface area contributed by atoms with Gasteiger partial charge in [0.1, 0.15) is 0 Å². The second-order valence-corrected chi connectivity index (χ2v) is 7.40. The summed E-state index contributed by atoms with van der Waals surface area (Å²) in [5.74, 6) is -1.08. The van der Waals surface area contributed by atoms with Crippen molar-refractivity contribution in [1.29, 1.82) is 0 Å². The summed E-state index contributed by atoms with van der Waals surface area (Å²) in [7, 11) is 1.57. The van der Waals surface area contributed by atoms with E-state index in [1.807, 2.05) is 19.9 Å². The molecule has 1 saturated heterocycles. The number of piperidine rings is 1. The summed E-state index contributed by atoms with van der Waals surface area (Å²) in [6.45, 7) is 4.57. The standard InChI is InChI=1S/C20H25N5O4/c1-13-10-14(2)25(22-13)17-5-4-16(11-21-17)19(27)23(3)12-18(26)24-8-6-15(7-9-24)20(28)29/h4-5,10-11,15H,6-9,12H2,1-3H3,(H,28,29). The number of nitrogens with zero attached hydrogens (tertiary/aromatic N) is 5. The maximum atomic E-state index is 12.6. The van der Waals surface area contributed by atoms with E-state index in [9.17, 15) is 14.4 Å². The fraction of sp³-hybridized carbons (Fsp3) is 0.450. The summed E-state index contributed by atoms with van der Waals surface area (Å²) >= 11 is 0. The summed E-state index contributed by atoms with van der Waals surface area (Å²) in [6, 6.07) is 5.33. The molecule has 2 aromatic rings. The van der Waals surface area contributed by atoms with Gasteiger partial charge < -0.3 is 14.9 Å². The van der Waals surface area contributed by atoms with E-state index in [1.54, 1.807) is 28.8 Å². The fourth-order valence-electron chi connectivity index (χ4n) is 3.47. The Morgan fingerprint density at radius 3 is 2.41 bits per heavy atom. The SMILES string of the molecule is Cc1cc(C)n(-c2ccc(C(=O)N(C)CC(=O)N3CCC(C(=O)O)CC3)cn2)n1. The number of pyridine rings is 1. The Kier molecular flexibility index (Phi) is 5.95. The summed E-state index contributed by atoms with van der Waals surface area (Å²) < 4.78 is 1.71. The van der Waals surface area contributed by atoms with Gasteiger partial charge in [-0.3, -0.25) is 14.4 Å². The molecule has 9 nitrogen and oxygen atoms in total. The van der Waals surface area contributed by atoms with Crippen molar-refractivity contribution in [1.82, 2.24) is 24.6 Å². The highest BCUT2D eigenvalue weighted by atomic mass is 16.4. The minimum absolute atomic E-state index is 0.0597. The first kappa shape index (κ1) is 20.5. The van der Waals surface area contributed by atoms with Crippen LogP contribution in [0.5, 0.6) is 0 Å². The first-order valence-corrected chi connectivity index (χ1v) is 9.52. The molecule has 1 N–H and O–H groups in total. The van der Waals surface area contributed by atoms with Crippen molar-refractivity contribution < 1.29 is 19.5 Å². The van der Waals surface area contributed by atoms with E-state index in [4.69, 9.17) is 5.11 Å². The second kappa shape index (κ2) is 8.42. The van der Waals surface area contributed by atoms with Crippen LogP contribution in [0.4, 0.5) is 0 Å². The lowest BCUT2D eigenvalue weighted by molar-refractivity contribution is -0.145. The molecule has 0 unspecified atom stereocenters. The molecule has 154 valence electrons. The number of hydrogen-bond donors (Lipinski definition) is 1. The molecule has 0 saturated carbocycles. The van der Waals surface area contributed by atoms with Crippen LogP contribution in [-0.4, -0.2) is 74.1 Å². The monoisotopic (exact) mass is 399 g/mol. The van der Waals surface area contributed by atoms with Crippen LogP contribution in [0.15, 0.2) is 24.4 Å². The highest BCUT2D eigenvalue weighted by Crippen LogP contribution is 2.18. The molecule has 29 heavy (non-hydrogen) atoms. The predicted octanol–water partition coefficient (Wildman–Crippen LogP) is 1.28. The van der Waals surface area contributed by atoms with E-state index < -0.39 is 11.9 Å². The van der Waals surface area contributed by atoms with Crippen molar-refractivity contribution in [3.05, 3.63) is 41.3 Å². The molecule has 2 aromatic heterocycles. The summed E-state index contributed by atoms with van der Waals surface area (Å²) in [5.41, 5.74) is 2.22. The van der Waals surface area contributed by atoms with E-state index >= 15 is 0 Å². The molecule has 9 heteroatoms. The number of carboxylic acids is 1. The number of aromatic nitrogens is 3. The van der Waals surface area contributed by atoms with Gasteiger partial charge in [0.25, 0.3) is 5.91 Å². The number of amides is 2. The number of carboxylic acid groups (broad SMARTS) is 1. The van der Waals surface area contributed by atoms with E-state index in [2.05, 4.69) is 10.1 Å². The minimum atomic E-state index is -0.819. The lowest BCUT2D eigenvalue weighted by Gasteiger charge is -2.31. The number of carbonyl (C=O) groups is 3. The first-order valence-electron chi connectivity index (χ1n) is 9.52. The normalized spacial score (nSPS) is 14.7. The number of likely N-dealkylation sites (N-methyl/N-ethyl adjacent to an activating group) is 1. The largest absolute Gasteiger partial charge is 0.481 e. The van der Waals surface area contributed by atoms with E-state index in [0.717, 1.165) is 11.4 Å². The topological polar surface area (TPSA) is 109 Å². The molecule has 0 atom stereocenters. The number of likely N-dealkylation sites (tertiary alicyclic amines) is 1. The number of hydrogen-bond acceptors (Lipinski definition) is 5. The van der Waals surface area contributed by atoms with Gasteiger partial charge in [0.2, 0.25) is 5.91 Å². The number of aryl methyl sites for hydroxylation is 2. The highest BCUT2D eigenvalue weighted by Gasteiger charge is 2.28. The zero-order chi connectivity index (χ0) is 21.1. The predicted molar refractivity (Wildman–Crippen MR) is 105 cm³/mol. The molecule has 1 aliphatic rings. The summed E-state index contributed by atoms with van der Waals surface area (Å²) in [4.78, 5) is 43.4. The van der Waals surface area contributed by atoms with Gasteiger partial charge in [-0.2, -0.15) is 5.10 Å². The number of aliphatic carboxylic acids is 1. The molecule has 0 spiro atoms. The van der Waals surface area contributed by atoms with Gasteiger partial charge in [-0.15, -0.1) is 0 Å². The van der Waals surface area contributed by atoms with Gasteiger partial charge in [0.15, 0.2) is 5.82 Å². The Morgan fingerprint density at radius 2 is 1.90 bits per heavy atom. The Hall–Kier alpha value is -3.23. The number of carbonyl (C=O) groups excluding carboxylic acids is 2. The van der Waals surface area contributed by atoms with Gasteiger partial charge in [0, 0.05) is 32.0 Å². The molecule has 0 radical (unpaired) electrons. The van der Waals surface area contributed by atoms with Gasteiger partial charge in [0.05, 0.1) is 23.7 Å². The minimum Gasteiger partial charge on any atom is -0.481 e. The van der Waals surface area contributed by atoms with Crippen molar-refractivity contribution in [3.8, 4) is 5.82 Å². The molecule has 1 aliphatic heterocycles. The Bertz CT molecular complexity index is 913. The van der Waals surface area contributed by atoms with Gasteiger partial charge >= 0.3 is 5.97 Å². The lowest BCUT2D eigenvalue weighted by atomic mass is 9.97. The molecule has 0 bridgehead atoms. The zero-order valence-corrected chi connectivity index (χ0v) is 16.8. The molecule has 2 amide bonds. The second-order valence-electron chi connectivity index (χ2n) is 7.40. The van der Waals surface area contributed by atoms with Crippen LogP contribution in [0.2, 0.25) is 0 Å². The van der Waals surface area contributed by atoms with Crippen LogP contribution in [0.3, 0.4) is 0 Å². The molecule has 3 rings (SSSR count).